The molecule has 56 heavy (non-hydrogen) atoms. The molecule has 0 saturated carbocycles. The van der Waals surface area contributed by atoms with Crippen molar-refractivity contribution in [2.45, 2.75) is 277 Å². The molecule has 0 spiro atoms. The standard InChI is InChI=1S/C50H95NO5/c1-4-7-10-13-16-18-20-21-22-23-24-25-26-27-29-31-34-37-40-43-50(55)56-46(41-38-35-32-15-12-9-6-3)44-49(54)51-47(45-52)48(53)42-39-36-33-30-28-19-17-14-11-8-5-2/h16,18,21-22,46-48,52-53H,4-15,17,19-20,23-45H2,1-3H3,(H,51,54)/b18-16-,22-21-. The van der Waals surface area contributed by atoms with E-state index in [9.17, 15) is 19.8 Å². The van der Waals surface area contributed by atoms with Gasteiger partial charge in [0.1, 0.15) is 6.10 Å². The van der Waals surface area contributed by atoms with E-state index in [0.29, 0.717) is 19.3 Å². The van der Waals surface area contributed by atoms with Gasteiger partial charge in [-0.25, -0.2) is 0 Å². The molecule has 0 fully saturated rings. The number of carbonyl (C=O) groups excluding carboxylic acids is 2. The van der Waals surface area contributed by atoms with Crippen LogP contribution in [0.2, 0.25) is 0 Å². The zero-order valence-electron chi connectivity index (χ0n) is 37.5. The molecule has 3 atom stereocenters. The third-order valence-electron chi connectivity index (χ3n) is 11.3. The van der Waals surface area contributed by atoms with Crippen molar-refractivity contribution in [3.8, 4) is 0 Å². The van der Waals surface area contributed by atoms with Crippen molar-refractivity contribution in [1.82, 2.24) is 5.32 Å². The fraction of sp³-hybridized carbons (Fsp3) is 0.880. The summed E-state index contributed by atoms with van der Waals surface area (Å²) in [6.45, 7) is 6.42. The number of amides is 1. The zero-order valence-corrected chi connectivity index (χ0v) is 37.5. The molecule has 0 radical (unpaired) electrons. The molecular formula is C50H95NO5. The average molecular weight is 790 g/mol. The van der Waals surface area contributed by atoms with E-state index >= 15 is 0 Å². The first-order valence-corrected chi connectivity index (χ1v) is 24.6. The molecule has 3 unspecified atom stereocenters. The van der Waals surface area contributed by atoms with Crippen LogP contribution in [-0.4, -0.2) is 46.9 Å². The summed E-state index contributed by atoms with van der Waals surface area (Å²) in [7, 11) is 0. The molecule has 0 aliphatic carbocycles. The zero-order chi connectivity index (χ0) is 41.0. The number of aliphatic hydroxyl groups excluding tert-OH is 2. The average Bonchev–Trinajstić information content (AvgIpc) is 3.19. The number of carbonyl (C=O) groups is 2. The summed E-state index contributed by atoms with van der Waals surface area (Å²) in [4.78, 5) is 25.9. The molecule has 6 nitrogen and oxygen atoms in total. The molecule has 330 valence electrons. The largest absolute Gasteiger partial charge is 0.462 e. The summed E-state index contributed by atoms with van der Waals surface area (Å²) >= 11 is 0. The Morgan fingerprint density at radius 1 is 0.518 bits per heavy atom. The quantitative estimate of drug-likeness (QED) is 0.0324. The number of allylic oxidation sites excluding steroid dienone is 4. The van der Waals surface area contributed by atoms with Gasteiger partial charge in [-0.1, -0.05) is 212 Å². The minimum atomic E-state index is -0.781. The van der Waals surface area contributed by atoms with Gasteiger partial charge in [-0.3, -0.25) is 9.59 Å². The highest BCUT2D eigenvalue weighted by molar-refractivity contribution is 5.77. The van der Waals surface area contributed by atoms with Crippen LogP contribution >= 0.6 is 0 Å². The number of nitrogens with one attached hydrogen (secondary N) is 1. The maximum Gasteiger partial charge on any atom is 0.306 e. The predicted octanol–water partition coefficient (Wildman–Crippen LogP) is 14.3. The lowest BCUT2D eigenvalue weighted by molar-refractivity contribution is -0.151. The summed E-state index contributed by atoms with van der Waals surface area (Å²) in [5.41, 5.74) is 0. The van der Waals surface area contributed by atoms with Gasteiger partial charge < -0.3 is 20.3 Å². The Morgan fingerprint density at radius 2 is 0.911 bits per heavy atom. The molecule has 0 saturated heterocycles. The molecule has 0 aromatic carbocycles. The number of unbranched alkanes of at least 4 members (excludes halogenated alkanes) is 28. The minimum Gasteiger partial charge on any atom is -0.462 e. The Kier molecular flexibility index (Phi) is 43.1. The lowest BCUT2D eigenvalue weighted by Crippen LogP contribution is -2.46. The smallest absolute Gasteiger partial charge is 0.306 e. The van der Waals surface area contributed by atoms with Crippen LogP contribution in [0.3, 0.4) is 0 Å². The fourth-order valence-electron chi connectivity index (χ4n) is 7.52. The summed E-state index contributed by atoms with van der Waals surface area (Å²) in [6.07, 6.45) is 49.6. The van der Waals surface area contributed by atoms with E-state index in [1.807, 2.05) is 0 Å². The lowest BCUT2D eigenvalue weighted by atomic mass is 10.0. The normalized spacial score (nSPS) is 13.4. The highest BCUT2D eigenvalue weighted by Crippen LogP contribution is 2.18. The molecule has 0 aliphatic heterocycles. The minimum absolute atomic E-state index is 0.0794. The van der Waals surface area contributed by atoms with Crippen molar-refractivity contribution < 1.29 is 24.5 Å². The number of esters is 1. The van der Waals surface area contributed by atoms with Gasteiger partial charge in [0, 0.05) is 6.42 Å². The van der Waals surface area contributed by atoms with Crippen LogP contribution in [0.4, 0.5) is 0 Å². The Morgan fingerprint density at radius 3 is 1.39 bits per heavy atom. The van der Waals surface area contributed by atoms with Gasteiger partial charge in [0.05, 0.1) is 25.2 Å². The maximum absolute atomic E-state index is 13.1. The maximum atomic E-state index is 13.1. The number of hydrogen-bond acceptors (Lipinski definition) is 5. The molecule has 0 heterocycles. The van der Waals surface area contributed by atoms with E-state index in [0.717, 1.165) is 51.4 Å². The van der Waals surface area contributed by atoms with Gasteiger partial charge in [-0.15, -0.1) is 0 Å². The Labute approximate surface area is 348 Å². The first-order chi connectivity index (χ1) is 27.5. The highest BCUT2D eigenvalue weighted by atomic mass is 16.5. The van der Waals surface area contributed by atoms with E-state index in [2.05, 4.69) is 50.4 Å². The van der Waals surface area contributed by atoms with Crippen molar-refractivity contribution in [2.24, 2.45) is 0 Å². The summed E-state index contributed by atoms with van der Waals surface area (Å²) < 4.78 is 5.89. The number of ether oxygens (including phenoxy) is 1. The van der Waals surface area contributed by atoms with Crippen molar-refractivity contribution in [3.63, 3.8) is 0 Å². The van der Waals surface area contributed by atoms with Crippen LogP contribution in [0.25, 0.3) is 0 Å². The molecule has 3 N–H and O–H groups in total. The number of aliphatic hydroxyl groups is 2. The lowest BCUT2D eigenvalue weighted by Gasteiger charge is -2.24. The van der Waals surface area contributed by atoms with Crippen molar-refractivity contribution >= 4 is 11.9 Å². The number of rotatable bonds is 44. The summed E-state index contributed by atoms with van der Waals surface area (Å²) in [5.74, 6) is -0.474. The first-order valence-electron chi connectivity index (χ1n) is 24.6. The predicted molar refractivity (Wildman–Crippen MR) is 241 cm³/mol. The van der Waals surface area contributed by atoms with E-state index < -0.39 is 18.2 Å². The Balaban J connectivity index is 4.34. The van der Waals surface area contributed by atoms with Gasteiger partial charge in [-0.2, -0.15) is 0 Å². The molecule has 0 aliphatic rings. The topological polar surface area (TPSA) is 95.9 Å². The van der Waals surface area contributed by atoms with Crippen LogP contribution in [-0.2, 0) is 14.3 Å². The van der Waals surface area contributed by atoms with Crippen LogP contribution in [0.1, 0.15) is 258 Å². The van der Waals surface area contributed by atoms with Gasteiger partial charge in [-0.05, 0) is 57.8 Å². The number of hydrogen-bond donors (Lipinski definition) is 3. The Bertz CT molecular complexity index is 889. The second-order valence-corrected chi connectivity index (χ2v) is 16.9. The molecule has 0 aromatic rings. The molecule has 0 aromatic heterocycles. The van der Waals surface area contributed by atoms with Crippen LogP contribution in [0.15, 0.2) is 24.3 Å². The second-order valence-electron chi connectivity index (χ2n) is 16.9. The van der Waals surface area contributed by atoms with Gasteiger partial charge in [0.25, 0.3) is 0 Å². The first kappa shape index (κ1) is 54.3. The van der Waals surface area contributed by atoms with E-state index in [-0.39, 0.29) is 24.9 Å². The van der Waals surface area contributed by atoms with Crippen molar-refractivity contribution in [1.29, 1.82) is 0 Å². The van der Waals surface area contributed by atoms with E-state index in [1.54, 1.807) is 0 Å². The monoisotopic (exact) mass is 790 g/mol. The van der Waals surface area contributed by atoms with Gasteiger partial charge >= 0.3 is 5.97 Å². The fourth-order valence-corrected chi connectivity index (χ4v) is 7.52. The third kappa shape index (κ3) is 39.2. The van der Waals surface area contributed by atoms with E-state index in [4.69, 9.17) is 4.74 Å². The van der Waals surface area contributed by atoms with Gasteiger partial charge in [0.15, 0.2) is 0 Å². The van der Waals surface area contributed by atoms with Crippen LogP contribution < -0.4 is 5.32 Å². The van der Waals surface area contributed by atoms with E-state index in [1.165, 1.54) is 161 Å². The third-order valence-corrected chi connectivity index (χ3v) is 11.3. The molecule has 0 rings (SSSR count). The summed E-state index contributed by atoms with van der Waals surface area (Å²) in [6, 6.07) is -0.694. The molecule has 1 amide bonds. The highest BCUT2D eigenvalue weighted by Gasteiger charge is 2.24. The Hall–Kier alpha value is -1.66. The van der Waals surface area contributed by atoms with Gasteiger partial charge in [0.2, 0.25) is 5.91 Å². The van der Waals surface area contributed by atoms with Crippen molar-refractivity contribution in [3.05, 3.63) is 24.3 Å². The van der Waals surface area contributed by atoms with Crippen LogP contribution in [0, 0.1) is 0 Å². The van der Waals surface area contributed by atoms with Crippen LogP contribution in [0.5, 0.6) is 0 Å². The van der Waals surface area contributed by atoms with Crippen molar-refractivity contribution in [2.75, 3.05) is 6.61 Å². The SMILES string of the molecule is CCCCC/C=C\C/C=C\CCCCCCCCCCCC(=O)OC(CCCCCCCCC)CC(=O)NC(CO)C(O)CCCCCCCCCCCCC. The summed E-state index contributed by atoms with van der Waals surface area (Å²) in [5, 5.41) is 23.6. The second kappa shape index (κ2) is 44.4. The molecule has 0 bridgehead atoms. The molecule has 6 heteroatoms. The molecular weight excluding hydrogens is 695 g/mol.